The van der Waals surface area contributed by atoms with Crippen LogP contribution in [-0.2, 0) is 4.89 Å². The van der Waals surface area contributed by atoms with E-state index in [0.29, 0.717) is 5.56 Å². The summed E-state index contributed by atoms with van der Waals surface area (Å²) in [7, 11) is 0. The molecule has 0 aliphatic carbocycles. The molecule has 0 aromatic heterocycles. The molecule has 4 heteroatoms. The van der Waals surface area contributed by atoms with Gasteiger partial charge in [-0.25, -0.2) is 9.28 Å². The van der Waals surface area contributed by atoms with E-state index >= 15 is 0 Å². The van der Waals surface area contributed by atoms with Crippen LogP contribution in [0.1, 0.15) is 11.7 Å². The van der Waals surface area contributed by atoms with Gasteiger partial charge in [-0.1, -0.05) is 12.1 Å². The van der Waals surface area contributed by atoms with Crippen molar-refractivity contribution in [2.45, 2.75) is 6.10 Å². The molecule has 1 aromatic carbocycles. The van der Waals surface area contributed by atoms with Crippen molar-refractivity contribution in [3.05, 3.63) is 35.6 Å². The average Bonchev–Trinajstić information content (AvgIpc) is 2.10. The molecule has 0 radical (unpaired) electrons. The van der Waals surface area contributed by atoms with Crippen LogP contribution in [0, 0.1) is 5.82 Å². The number of hydrogen-bond donors (Lipinski definition) is 2. The fourth-order valence-corrected chi connectivity index (χ4v) is 0.877. The van der Waals surface area contributed by atoms with E-state index in [1.807, 2.05) is 0 Å². The van der Waals surface area contributed by atoms with Crippen molar-refractivity contribution < 1.29 is 19.6 Å². The van der Waals surface area contributed by atoms with Crippen molar-refractivity contribution in [2.24, 2.45) is 0 Å². The van der Waals surface area contributed by atoms with Crippen LogP contribution >= 0.6 is 0 Å². The minimum absolute atomic E-state index is 0.345. The fourth-order valence-electron chi connectivity index (χ4n) is 0.877. The van der Waals surface area contributed by atoms with Gasteiger partial charge in [0.2, 0.25) is 0 Å². The Morgan fingerprint density at radius 1 is 1.33 bits per heavy atom. The van der Waals surface area contributed by atoms with Gasteiger partial charge in [0.15, 0.2) is 0 Å². The lowest BCUT2D eigenvalue weighted by Crippen LogP contribution is -2.06. The summed E-state index contributed by atoms with van der Waals surface area (Å²) in [5.41, 5.74) is 0.529. The molecule has 0 saturated heterocycles. The smallest absolute Gasteiger partial charge is 0.141 e. The summed E-state index contributed by atoms with van der Waals surface area (Å²) in [5, 5.41) is 17.0. The third-order valence-electron chi connectivity index (χ3n) is 1.53. The van der Waals surface area contributed by atoms with E-state index in [0.717, 1.165) is 0 Å². The standard InChI is InChI=1S/C8H9FO3/c9-7-3-1-6(2-4-7)8(5-10)12-11/h1-4,8,10-11H,5H2. The summed E-state index contributed by atoms with van der Waals surface area (Å²) >= 11 is 0. The first-order valence-electron chi connectivity index (χ1n) is 3.44. The number of aliphatic hydroxyl groups excluding tert-OH is 1. The van der Waals surface area contributed by atoms with Gasteiger partial charge in [0.1, 0.15) is 11.9 Å². The Morgan fingerprint density at radius 2 is 1.92 bits per heavy atom. The van der Waals surface area contributed by atoms with Gasteiger partial charge in [-0.05, 0) is 17.7 Å². The quantitative estimate of drug-likeness (QED) is 0.534. The Morgan fingerprint density at radius 3 is 2.33 bits per heavy atom. The summed E-state index contributed by atoms with van der Waals surface area (Å²) in [4.78, 5) is 3.95. The van der Waals surface area contributed by atoms with Crippen molar-refractivity contribution in [1.82, 2.24) is 0 Å². The Balaban J connectivity index is 2.80. The van der Waals surface area contributed by atoms with Crippen molar-refractivity contribution in [3.8, 4) is 0 Å². The van der Waals surface area contributed by atoms with Gasteiger partial charge in [0.05, 0.1) is 6.61 Å². The molecule has 0 fully saturated rings. The minimum Gasteiger partial charge on any atom is -0.393 e. The van der Waals surface area contributed by atoms with Crippen LogP contribution in [0.3, 0.4) is 0 Å². The van der Waals surface area contributed by atoms with Crippen LogP contribution in [0.2, 0.25) is 0 Å². The lowest BCUT2D eigenvalue weighted by molar-refractivity contribution is -0.288. The van der Waals surface area contributed by atoms with Crippen LogP contribution < -0.4 is 0 Å². The highest BCUT2D eigenvalue weighted by Crippen LogP contribution is 2.15. The van der Waals surface area contributed by atoms with E-state index in [1.165, 1.54) is 24.3 Å². The molecular formula is C8H9FO3. The lowest BCUT2D eigenvalue weighted by atomic mass is 10.1. The molecule has 1 unspecified atom stereocenters. The number of aliphatic hydroxyl groups is 1. The predicted molar refractivity (Wildman–Crippen MR) is 39.9 cm³/mol. The van der Waals surface area contributed by atoms with E-state index in [4.69, 9.17) is 10.4 Å². The summed E-state index contributed by atoms with van der Waals surface area (Å²) < 4.78 is 12.4. The molecule has 66 valence electrons. The maximum Gasteiger partial charge on any atom is 0.141 e. The van der Waals surface area contributed by atoms with Gasteiger partial charge in [0.25, 0.3) is 0 Å². The van der Waals surface area contributed by atoms with Gasteiger partial charge in [-0.15, -0.1) is 0 Å². The molecule has 1 atom stereocenters. The fraction of sp³-hybridized carbons (Fsp3) is 0.250. The zero-order valence-corrected chi connectivity index (χ0v) is 6.27. The molecule has 0 aliphatic rings. The molecule has 3 nitrogen and oxygen atoms in total. The van der Waals surface area contributed by atoms with Crippen molar-refractivity contribution in [2.75, 3.05) is 6.61 Å². The van der Waals surface area contributed by atoms with Gasteiger partial charge < -0.3 is 5.11 Å². The monoisotopic (exact) mass is 172 g/mol. The molecular weight excluding hydrogens is 163 g/mol. The second kappa shape index (κ2) is 4.15. The van der Waals surface area contributed by atoms with Gasteiger partial charge >= 0.3 is 0 Å². The van der Waals surface area contributed by atoms with E-state index in [2.05, 4.69) is 4.89 Å². The lowest BCUT2D eigenvalue weighted by Gasteiger charge is -2.09. The molecule has 1 rings (SSSR count). The molecule has 0 spiro atoms. The van der Waals surface area contributed by atoms with Crippen molar-refractivity contribution in [1.29, 1.82) is 0 Å². The first kappa shape index (κ1) is 9.12. The highest BCUT2D eigenvalue weighted by Gasteiger charge is 2.09. The molecule has 0 amide bonds. The van der Waals surface area contributed by atoms with E-state index < -0.39 is 6.10 Å². The summed E-state index contributed by atoms with van der Waals surface area (Å²) in [6.45, 7) is -0.345. The molecule has 2 N–H and O–H groups in total. The maximum absolute atomic E-state index is 12.4. The Kier molecular flexibility index (Phi) is 3.16. The van der Waals surface area contributed by atoms with E-state index in [9.17, 15) is 4.39 Å². The number of halogens is 1. The average molecular weight is 172 g/mol. The Hall–Kier alpha value is -0.970. The molecule has 0 saturated carbocycles. The second-order valence-corrected chi connectivity index (χ2v) is 2.33. The van der Waals surface area contributed by atoms with E-state index in [1.54, 1.807) is 0 Å². The molecule has 0 heterocycles. The SMILES string of the molecule is OCC(OO)c1ccc(F)cc1. The number of hydrogen-bond acceptors (Lipinski definition) is 3. The predicted octanol–water partition coefficient (Wildman–Crippen LogP) is 1.35. The van der Waals surface area contributed by atoms with Gasteiger partial charge in [-0.2, -0.15) is 0 Å². The minimum atomic E-state index is -0.800. The Labute approximate surface area is 69.0 Å². The van der Waals surface area contributed by atoms with Gasteiger partial charge in [0, 0.05) is 0 Å². The third kappa shape index (κ3) is 2.01. The maximum atomic E-state index is 12.4. The highest BCUT2D eigenvalue weighted by molar-refractivity contribution is 5.18. The van der Waals surface area contributed by atoms with Crippen LogP contribution in [-0.4, -0.2) is 17.0 Å². The first-order chi connectivity index (χ1) is 5.77. The highest BCUT2D eigenvalue weighted by atomic mass is 19.1. The second-order valence-electron chi connectivity index (χ2n) is 2.33. The van der Waals surface area contributed by atoms with Crippen LogP contribution in [0.4, 0.5) is 4.39 Å². The zero-order valence-electron chi connectivity index (χ0n) is 6.27. The number of rotatable bonds is 3. The molecule has 0 aliphatic heterocycles. The van der Waals surface area contributed by atoms with Crippen molar-refractivity contribution in [3.63, 3.8) is 0 Å². The summed E-state index contributed by atoms with van der Waals surface area (Å²) in [6, 6.07) is 5.34. The molecule has 12 heavy (non-hydrogen) atoms. The first-order valence-corrected chi connectivity index (χ1v) is 3.44. The largest absolute Gasteiger partial charge is 0.393 e. The van der Waals surface area contributed by atoms with Crippen molar-refractivity contribution >= 4 is 0 Å². The van der Waals surface area contributed by atoms with Crippen LogP contribution in [0.25, 0.3) is 0 Å². The topological polar surface area (TPSA) is 49.7 Å². The normalized spacial score (nSPS) is 12.9. The number of benzene rings is 1. The summed E-state index contributed by atoms with van der Waals surface area (Å²) in [6.07, 6.45) is -0.800. The van der Waals surface area contributed by atoms with Gasteiger partial charge in [-0.3, -0.25) is 5.26 Å². The summed E-state index contributed by atoms with van der Waals surface area (Å²) in [5.74, 6) is -0.367. The van der Waals surface area contributed by atoms with Crippen LogP contribution in [0.5, 0.6) is 0 Å². The Bertz CT molecular complexity index is 231. The molecule has 0 bridgehead atoms. The van der Waals surface area contributed by atoms with E-state index in [-0.39, 0.29) is 12.4 Å². The zero-order chi connectivity index (χ0) is 8.97. The van der Waals surface area contributed by atoms with Crippen LogP contribution in [0.15, 0.2) is 24.3 Å². The third-order valence-corrected chi connectivity index (χ3v) is 1.53. The molecule has 1 aromatic rings.